The summed E-state index contributed by atoms with van der Waals surface area (Å²) in [5.74, 6) is 2.61. The van der Waals surface area contributed by atoms with E-state index >= 15 is 0 Å². The Morgan fingerprint density at radius 1 is 1.26 bits per heavy atom. The maximum absolute atomic E-state index is 6.01. The van der Waals surface area contributed by atoms with E-state index in [2.05, 4.69) is 24.2 Å². The minimum Gasteiger partial charge on any atom is -0.490 e. The Hall–Kier alpha value is -1.91. The molecule has 0 aromatic heterocycles. The van der Waals surface area contributed by atoms with Crippen molar-refractivity contribution < 1.29 is 9.47 Å². The van der Waals surface area contributed by atoms with E-state index in [1.54, 1.807) is 0 Å². The zero-order valence-corrected chi connectivity index (χ0v) is 14.3. The Balaban J connectivity index is 1.92. The van der Waals surface area contributed by atoms with Crippen LogP contribution in [-0.2, 0) is 0 Å². The van der Waals surface area contributed by atoms with E-state index in [1.807, 2.05) is 18.2 Å². The van der Waals surface area contributed by atoms with Crippen molar-refractivity contribution in [3.8, 4) is 11.5 Å². The molecule has 2 rings (SSSR count). The predicted molar refractivity (Wildman–Crippen MR) is 95.5 cm³/mol. The number of nitrogens with two attached hydrogens (primary N) is 1. The Labute approximate surface area is 139 Å². The van der Waals surface area contributed by atoms with Crippen LogP contribution in [-0.4, -0.2) is 25.7 Å². The molecule has 5 heteroatoms. The number of hydrogen-bond acceptors (Lipinski definition) is 3. The average Bonchev–Trinajstić information content (AvgIpc) is 2.80. The summed E-state index contributed by atoms with van der Waals surface area (Å²) in [6, 6.07) is 5.76. The molecule has 1 atom stereocenters. The van der Waals surface area contributed by atoms with Gasteiger partial charge in [-0.3, -0.25) is 4.99 Å². The molecule has 128 valence electrons. The van der Waals surface area contributed by atoms with Crippen LogP contribution >= 0.6 is 0 Å². The molecule has 0 saturated carbocycles. The Kier molecular flexibility index (Phi) is 7.04. The van der Waals surface area contributed by atoms with E-state index in [-0.39, 0.29) is 0 Å². The van der Waals surface area contributed by atoms with Crippen molar-refractivity contribution in [1.82, 2.24) is 0 Å². The van der Waals surface area contributed by atoms with Crippen LogP contribution in [0, 0.1) is 5.92 Å². The first-order chi connectivity index (χ1) is 11.2. The van der Waals surface area contributed by atoms with Gasteiger partial charge in [-0.15, -0.1) is 0 Å². The second kappa shape index (κ2) is 9.28. The quantitative estimate of drug-likeness (QED) is 0.592. The molecule has 1 aliphatic rings. The number of rotatable bonds is 7. The third-order valence-corrected chi connectivity index (χ3v) is 4.08. The summed E-state index contributed by atoms with van der Waals surface area (Å²) in [6.45, 7) is 6.58. The maximum atomic E-state index is 6.01. The lowest BCUT2D eigenvalue weighted by Crippen LogP contribution is -2.23. The summed E-state index contributed by atoms with van der Waals surface area (Å²) >= 11 is 0. The smallest absolute Gasteiger partial charge is 0.193 e. The van der Waals surface area contributed by atoms with Crippen LogP contribution in [0.15, 0.2) is 23.2 Å². The van der Waals surface area contributed by atoms with E-state index in [9.17, 15) is 0 Å². The largest absolute Gasteiger partial charge is 0.490 e. The highest BCUT2D eigenvalue weighted by atomic mass is 16.5. The fraction of sp³-hybridized carbons (Fsp3) is 0.611. The lowest BCUT2D eigenvalue weighted by molar-refractivity contribution is 0.297. The molecule has 5 nitrogen and oxygen atoms in total. The molecule has 3 N–H and O–H groups in total. The van der Waals surface area contributed by atoms with Gasteiger partial charge in [0.2, 0.25) is 0 Å². The fourth-order valence-corrected chi connectivity index (χ4v) is 2.57. The zero-order valence-electron chi connectivity index (χ0n) is 14.3. The van der Waals surface area contributed by atoms with Gasteiger partial charge < -0.3 is 20.5 Å². The van der Waals surface area contributed by atoms with E-state index in [0.717, 1.165) is 36.6 Å². The number of guanidine groups is 1. The number of hydrogen-bond donors (Lipinski definition) is 2. The summed E-state index contributed by atoms with van der Waals surface area (Å²) < 4.78 is 11.3. The van der Waals surface area contributed by atoms with Crippen molar-refractivity contribution in [2.45, 2.75) is 46.0 Å². The van der Waals surface area contributed by atoms with Gasteiger partial charge in [-0.2, -0.15) is 0 Å². The highest BCUT2D eigenvalue weighted by Crippen LogP contribution is 2.32. The SMILES string of the molecule is CCCCC(CC)CN=C(N)Nc1ccc2c(c1)OCCCO2. The molecular formula is C18H29N3O2. The van der Waals surface area contributed by atoms with Gasteiger partial charge in [-0.25, -0.2) is 0 Å². The van der Waals surface area contributed by atoms with Crippen LogP contribution in [0.3, 0.4) is 0 Å². The molecule has 0 amide bonds. The number of fused-ring (bicyclic) bond motifs is 1. The van der Waals surface area contributed by atoms with Crippen LogP contribution < -0.4 is 20.5 Å². The van der Waals surface area contributed by atoms with Gasteiger partial charge >= 0.3 is 0 Å². The third-order valence-electron chi connectivity index (χ3n) is 4.08. The predicted octanol–water partition coefficient (Wildman–Crippen LogP) is 3.79. The number of aliphatic imine (C=N–C) groups is 1. The molecule has 0 aliphatic carbocycles. The summed E-state index contributed by atoms with van der Waals surface area (Å²) in [4.78, 5) is 4.49. The Morgan fingerprint density at radius 2 is 2.04 bits per heavy atom. The normalized spacial score (nSPS) is 15.8. The van der Waals surface area contributed by atoms with Crippen molar-refractivity contribution >= 4 is 11.6 Å². The zero-order chi connectivity index (χ0) is 16.5. The Bertz CT molecular complexity index is 517. The lowest BCUT2D eigenvalue weighted by Gasteiger charge is -2.13. The molecule has 0 radical (unpaired) electrons. The molecule has 0 saturated heterocycles. The van der Waals surface area contributed by atoms with E-state index < -0.39 is 0 Å². The van der Waals surface area contributed by atoms with Crippen LogP contribution in [0.5, 0.6) is 11.5 Å². The highest BCUT2D eigenvalue weighted by molar-refractivity contribution is 5.92. The van der Waals surface area contributed by atoms with Crippen molar-refractivity contribution in [2.24, 2.45) is 16.6 Å². The summed E-state index contributed by atoms with van der Waals surface area (Å²) in [5.41, 5.74) is 6.88. The maximum Gasteiger partial charge on any atom is 0.193 e. The second-order valence-corrected chi connectivity index (χ2v) is 5.98. The van der Waals surface area contributed by atoms with Crippen LogP contribution in [0.25, 0.3) is 0 Å². The van der Waals surface area contributed by atoms with E-state index in [4.69, 9.17) is 15.2 Å². The van der Waals surface area contributed by atoms with Gasteiger partial charge in [-0.1, -0.05) is 33.1 Å². The third kappa shape index (κ3) is 5.66. The number of anilines is 1. The summed E-state index contributed by atoms with van der Waals surface area (Å²) in [7, 11) is 0. The molecule has 1 heterocycles. The summed E-state index contributed by atoms with van der Waals surface area (Å²) in [5, 5.41) is 3.14. The van der Waals surface area contributed by atoms with Crippen LogP contribution in [0.1, 0.15) is 46.0 Å². The number of benzene rings is 1. The fourth-order valence-electron chi connectivity index (χ4n) is 2.57. The lowest BCUT2D eigenvalue weighted by atomic mass is 10.00. The van der Waals surface area contributed by atoms with Gasteiger partial charge in [0.25, 0.3) is 0 Å². The topological polar surface area (TPSA) is 68.9 Å². The van der Waals surface area contributed by atoms with Crippen molar-refractivity contribution in [3.63, 3.8) is 0 Å². The first kappa shape index (κ1) is 17.4. The van der Waals surface area contributed by atoms with Gasteiger partial charge in [0.1, 0.15) is 0 Å². The van der Waals surface area contributed by atoms with Crippen molar-refractivity contribution in [1.29, 1.82) is 0 Å². The van der Waals surface area contributed by atoms with Gasteiger partial charge in [0, 0.05) is 24.7 Å². The average molecular weight is 319 g/mol. The van der Waals surface area contributed by atoms with E-state index in [1.165, 1.54) is 19.3 Å². The molecular weight excluding hydrogens is 290 g/mol. The molecule has 23 heavy (non-hydrogen) atoms. The first-order valence-corrected chi connectivity index (χ1v) is 8.69. The number of ether oxygens (including phenoxy) is 2. The highest BCUT2D eigenvalue weighted by Gasteiger charge is 2.11. The van der Waals surface area contributed by atoms with Crippen molar-refractivity contribution in [2.75, 3.05) is 25.1 Å². The van der Waals surface area contributed by atoms with E-state index in [0.29, 0.717) is 25.1 Å². The number of nitrogens with zero attached hydrogens (tertiary/aromatic N) is 1. The number of unbranched alkanes of at least 4 members (excludes halogenated alkanes) is 1. The molecule has 1 aromatic carbocycles. The van der Waals surface area contributed by atoms with Gasteiger partial charge in [-0.05, 0) is 24.5 Å². The van der Waals surface area contributed by atoms with Crippen LogP contribution in [0.4, 0.5) is 5.69 Å². The molecule has 0 bridgehead atoms. The molecule has 1 aliphatic heterocycles. The van der Waals surface area contributed by atoms with Gasteiger partial charge in [0.05, 0.1) is 13.2 Å². The monoisotopic (exact) mass is 319 g/mol. The van der Waals surface area contributed by atoms with Crippen molar-refractivity contribution in [3.05, 3.63) is 18.2 Å². The van der Waals surface area contributed by atoms with Crippen LogP contribution in [0.2, 0.25) is 0 Å². The first-order valence-electron chi connectivity index (χ1n) is 8.69. The molecule has 0 fully saturated rings. The summed E-state index contributed by atoms with van der Waals surface area (Å²) in [6.07, 6.45) is 5.74. The molecule has 1 unspecified atom stereocenters. The minimum atomic E-state index is 0.453. The second-order valence-electron chi connectivity index (χ2n) is 5.98. The number of nitrogens with one attached hydrogen (secondary N) is 1. The Morgan fingerprint density at radius 3 is 2.78 bits per heavy atom. The minimum absolute atomic E-state index is 0.453. The van der Waals surface area contributed by atoms with Gasteiger partial charge in [0.15, 0.2) is 17.5 Å². The molecule has 1 aromatic rings. The molecule has 0 spiro atoms. The standard InChI is InChI=1S/C18H29N3O2/c1-3-5-7-14(4-2)13-20-18(19)21-15-8-9-16-17(12-15)23-11-6-10-22-16/h8-9,12,14H,3-7,10-11,13H2,1-2H3,(H3,19,20,21).